The van der Waals surface area contributed by atoms with Crippen LogP contribution in [0.3, 0.4) is 0 Å². The highest BCUT2D eigenvalue weighted by Crippen LogP contribution is 2.24. The Morgan fingerprint density at radius 2 is 2.11 bits per heavy atom. The molecule has 0 spiro atoms. The molecule has 2 aliphatic heterocycles. The van der Waals surface area contributed by atoms with Crippen LogP contribution in [0.25, 0.3) is 0 Å². The van der Waals surface area contributed by atoms with Gasteiger partial charge < -0.3 is 10.0 Å². The van der Waals surface area contributed by atoms with Crippen molar-refractivity contribution in [3.05, 3.63) is 0 Å². The molecule has 0 saturated carbocycles. The number of thioether (sulfide) groups is 1. The van der Waals surface area contributed by atoms with Gasteiger partial charge in [0.05, 0.1) is 11.5 Å². The van der Waals surface area contributed by atoms with Crippen LogP contribution in [0.15, 0.2) is 0 Å². The van der Waals surface area contributed by atoms with Gasteiger partial charge in [0.1, 0.15) is 0 Å². The van der Waals surface area contributed by atoms with Crippen molar-refractivity contribution in [2.75, 3.05) is 31.1 Å². The summed E-state index contributed by atoms with van der Waals surface area (Å²) in [5.74, 6) is -0.492. The van der Waals surface area contributed by atoms with Crippen LogP contribution >= 0.6 is 11.8 Å². The fourth-order valence-electron chi connectivity index (χ4n) is 2.84. The first-order valence-corrected chi connectivity index (χ1v) is 7.56. The Balaban J connectivity index is 1.83. The van der Waals surface area contributed by atoms with Crippen molar-refractivity contribution in [2.45, 2.75) is 31.8 Å². The lowest BCUT2D eigenvalue weighted by molar-refractivity contribution is -0.134. The summed E-state index contributed by atoms with van der Waals surface area (Å²) in [5.41, 5.74) is 0. The SMILES string of the molecule is CC1CN2CCCC2CN1C(=O)CSCC(=O)O. The summed E-state index contributed by atoms with van der Waals surface area (Å²) in [5, 5.41) is 8.56. The topological polar surface area (TPSA) is 60.9 Å². The van der Waals surface area contributed by atoms with Crippen molar-refractivity contribution in [3.63, 3.8) is 0 Å². The first kappa shape index (κ1) is 13.7. The number of rotatable bonds is 4. The maximum Gasteiger partial charge on any atom is 0.313 e. The molecule has 0 aromatic rings. The van der Waals surface area contributed by atoms with Gasteiger partial charge in [-0.15, -0.1) is 11.8 Å². The molecule has 0 radical (unpaired) electrons. The fourth-order valence-corrected chi connectivity index (χ4v) is 3.46. The maximum absolute atomic E-state index is 12.1. The van der Waals surface area contributed by atoms with Crippen molar-refractivity contribution in [3.8, 4) is 0 Å². The summed E-state index contributed by atoms with van der Waals surface area (Å²) in [6.45, 7) is 5.01. The van der Waals surface area contributed by atoms with Crippen molar-refractivity contribution in [1.82, 2.24) is 9.80 Å². The van der Waals surface area contributed by atoms with Crippen LogP contribution in [-0.2, 0) is 9.59 Å². The zero-order valence-electron chi connectivity index (χ0n) is 10.7. The van der Waals surface area contributed by atoms with E-state index in [1.165, 1.54) is 24.6 Å². The molecule has 1 amide bonds. The summed E-state index contributed by atoms with van der Waals surface area (Å²) in [7, 11) is 0. The summed E-state index contributed by atoms with van der Waals surface area (Å²) < 4.78 is 0. The summed E-state index contributed by atoms with van der Waals surface area (Å²) in [6.07, 6.45) is 2.41. The van der Waals surface area contributed by atoms with Gasteiger partial charge in [0.25, 0.3) is 0 Å². The molecule has 2 atom stereocenters. The van der Waals surface area contributed by atoms with Crippen LogP contribution in [0.4, 0.5) is 0 Å². The average molecular weight is 272 g/mol. The smallest absolute Gasteiger partial charge is 0.313 e. The molecule has 2 rings (SSSR count). The maximum atomic E-state index is 12.1. The molecule has 0 aromatic carbocycles. The van der Waals surface area contributed by atoms with E-state index in [-0.39, 0.29) is 23.5 Å². The minimum absolute atomic E-state index is 0.00349. The molecule has 0 bridgehead atoms. The number of piperazine rings is 1. The highest BCUT2D eigenvalue weighted by molar-refractivity contribution is 8.00. The molecule has 2 aliphatic rings. The van der Waals surface area contributed by atoms with Crippen LogP contribution in [-0.4, -0.2) is 70.0 Å². The van der Waals surface area contributed by atoms with Crippen LogP contribution in [0.2, 0.25) is 0 Å². The first-order valence-electron chi connectivity index (χ1n) is 6.41. The molecular formula is C12H20N2O3S. The molecule has 5 nitrogen and oxygen atoms in total. The average Bonchev–Trinajstić information content (AvgIpc) is 2.74. The number of aliphatic carboxylic acids is 1. The molecule has 102 valence electrons. The predicted octanol–water partition coefficient (Wildman–Crippen LogP) is 0.499. The molecule has 2 unspecified atom stereocenters. The van der Waals surface area contributed by atoms with Gasteiger partial charge >= 0.3 is 5.97 Å². The van der Waals surface area contributed by atoms with Crippen LogP contribution in [0, 0.1) is 0 Å². The minimum atomic E-state index is -0.860. The second-order valence-corrected chi connectivity index (χ2v) is 6.06. The molecule has 18 heavy (non-hydrogen) atoms. The molecule has 6 heteroatoms. The van der Waals surface area contributed by atoms with E-state index in [4.69, 9.17) is 5.11 Å². The largest absolute Gasteiger partial charge is 0.481 e. The van der Waals surface area contributed by atoms with Gasteiger partial charge in [-0.2, -0.15) is 0 Å². The standard InChI is InChI=1S/C12H20N2O3S/c1-9-5-13-4-2-3-10(13)6-14(9)11(15)7-18-8-12(16)17/h9-10H,2-8H2,1H3,(H,16,17). The molecule has 1 N–H and O–H groups in total. The number of nitrogens with zero attached hydrogens (tertiary/aromatic N) is 2. The molecule has 2 heterocycles. The third kappa shape index (κ3) is 3.17. The monoisotopic (exact) mass is 272 g/mol. The quantitative estimate of drug-likeness (QED) is 0.807. The first-order chi connectivity index (χ1) is 8.58. The number of carbonyl (C=O) groups excluding carboxylic acids is 1. The molecule has 0 aliphatic carbocycles. The number of carboxylic acid groups (broad SMARTS) is 1. The van der Waals surface area contributed by atoms with Gasteiger partial charge in [0.15, 0.2) is 0 Å². The minimum Gasteiger partial charge on any atom is -0.481 e. The Labute approximate surface area is 112 Å². The zero-order valence-corrected chi connectivity index (χ0v) is 11.5. The second-order valence-electron chi connectivity index (χ2n) is 5.07. The van der Waals surface area contributed by atoms with Gasteiger partial charge in [-0.05, 0) is 26.3 Å². The van der Waals surface area contributed by atoms with Gasteiger partial charge in [0, 0.05) is 25.2 Å². The number of amides is 1. The predicted molar refractivity (Wildman–Crippen MR) is 70.7 cm³/mol. The van der Waals surface area contributed by atoms with Gasteiger partial charge in [0.2, 0.25) is 5.91 Å². The second kappa shape index (κ2) is 5.93. The van der Waals surface area contributed by atoms with Gasteiger partial charge in [-0.1, -0.05) is 0 Å². The number of hydrogen-bond acceptors (Lipinski definition) is 4. The van der Waals surface area contributed by atoms with E-state index in [0.717, 1.165) is 19.6 Å². The zero-order chi connectivity index (χ0) is 13.1. The summed E-state index contributed by atoms with van der Waals surface area (Å²) in [4.78, 5) is 26.9. The van der Waals surface area contributed by atoms with E-state index in [0.29, 0.717) is 6.04 Å². The number of carbonyl (C=O) groups is 2. The van der Waals surface area contributed by atoms with Crippen LogP contribution in [0.5, 0.6) is 0 Å². The van der Waals surface area contributed by atoms with Crippen LogP contribution < -0.4 is 0 Å². The van der Waals surface area contributed by atoms with Gasteiger partial charge in [-0.3, -0.25) is 14.5 Å². The summed E-state index contributed by atoms with van der Waals surface area (Å²) >= 11 is 1.19. The Kier molecular flexibility index (Phi) is 4.50. The third-order valence-electron chi connectivity index (χ3n) is 3.71. The van der Waals surface area contributed by atoms with E-state index in [9.17, 15) is 9.59 Å². The number of hydrogen-bond donors (Lipinski definition) is 1. The van der Waals surface area contributed by atoms with Crippen LogP contribution in [0.1, 0.15) is 19.8 Å². The Hall–Kier alpha value is -0.750. The van der Waals surface area contributed by atoms with Gasteiger partial charge in [-0.25, -0.2) is 0 Å². The van der Waals surface area contributed by atoms with E-state index in [1.807, 2.05) is 4.90 Å². The molecule has 2 fully saturated rings. The van der Waals surface area contributed by atoms with Crippen molar-refractivity contribution < 1.29 is 14.7 Å². The van der Waals surface area contributed by atoms with Crippen molar-refractivity contribution in [2.24, 2.45) is 0 Å². The lowest BCUT2D eigenvalue weighted by atomic mass is 10.1. The van der Waals surface area contributed by atoms with E-state index >= 15 is 0 Å². The molecule has 2 saturated heterocycles. The normalized spacial score (nSPS) is 28.2. The lowest BCUT2D eigenvalue weighted by Crippen LogP contribution is -2.57. The lowest BCUT2D eigenvalue weighted by Gasteiger charge is -2.42. The number of fused-ring (bicyclic) bond motifs is 1. The van der Waals surface area contributed by atoms with E-state index < -0.39 is 5.97 Å². The highest BCUT2D eigenvalue weighted by Gasteiger charge is 2.36. The molecular weight excluding hydrogens is 252 g/mol. The Morgan fingerprint density at radius 3 is 2.83 bits per heavy atom. The van der Waals surface area contributed by atoms with E-state index in [2.05, 4.69) is 11.8 Å². The summed E-state index contributed by atoms with van der Waals surface area (Å²) in [6, 6.07) is 0.770. The molecule has 0 aromatic heterocycles. The Bertz CT molecular complexity index is 337. The third-order valence-corrected chi connectivity index (χ3v) is 4.61. The fraction of sp³-hybridized carbons (Fsp3) is 0.833. The van der Waals surface area contributed by atoms with Crippen molar-refractivity contribution in [1.29, 1.82) is 0 Å². The van der Waals surface area contributed by atoms with Crippen molar-refractivity contribution >= 4 is 23.6 Å². The van der Waals surface area contributed by atoms with E-state index in [1.54, 1.807) is 0 Å². The highest BCUT2D eigenvalue weighted by atomic mass is 32.2. The number of carboxylic acids is 1. The Morgan fingerprint density at radius 1 is 1.33 bits per heavy atom.